The number of methoxy groups -OCH3 is 1. The molecule has 0 atom stereocenters. The first-order valence-electron chi connectivity index (χ1n) is 9.33. The van der Waals surface area contributed by atoms with Crippen molar-refractivity contribution in [2.45, 2.75) is 24.8 Å². The van der Waals surface area contributed by atoms with E-state index >= 15 is 0 Å². The van der Waals surface area contributed by atoms with Crippen molar-refractivity contribution in [1.82, 2.24) is 10.3 Å². The van der Waals surface area contributed by atoms with E-state index in [1.54, 1.807) is 19.4 Å². The van der Waals surface area contributed by atoms with E-state index in [1.165, 1.54) is 0 Å². The SMILES string of the molecule is COCCOc1ccc(CNC(=O)C2(c3ccc(Br)cc3)CCOCC2)cn1. The minimum Gasteiger partial charge on any atom is -0.475 e. The van der Waals surface area contributed by atoms with Gasteiger partial charge in [-0.05, 0) is 36.1 Å². The number of carbonyl (C=O) groups is 1. The van der Waals surface area contributed by atoms with Crippen LogP contribution in [0.3, 0.4) is 0 Å². The summed E-state index contributed by atoms with van der Waals surface area (Å²) in [5, 5.41) is 3.09. The van der Waals surface area contributed by atoms with Crippen molar-refractivity contribution < 1.29 is 19.0 Å². The summed E-state index contributed by atoms with van der Waals surface area (Å²) in [5.74, 6) is 0.571. The number of halogens is 1. The lowest BCUT2D eigenvalue weighted by molar-refractivity contribution is -0.130. The molecular formula is C21H25BrN2O4. The van der Waals surface area contributed by atoms with Crippen molar-refractivity contribution in [2.24, 2.45) is 0 Å². The van der Waals surface area contributed by atoms with E-state index in [4.69, 9.17) is 14.2 Å². The fourth-order valence-electron chi connectivity index (χ4n) is 3.32. The number of benzene rings is 1. The van der Waals surface area contributed by atoms with Gasteiger partial charge >= 0.3 is 0 Å². The molecule has 7 heteroatoms. The summed E-state index contributed by atoms with van der Waals surface area (Å²) in [4.78, 5) is 17.5. The monoisotopic (exact) mass is 448 g/mol. The molecule has 1 aliphatic rings. The van der Waals surface area contributed by atoms with E-state index in [0.717, 1.165) is 15.6 Å². The summed E-state index contributed by atoms with van der Waals surface area (Å²) in [6, 6.07) is 11.7. The lowest BCUT2D eigenvalue weighted by atomic mass is 9.73. The van der Waals surface area contributed by atoms with Gasteiger partial charge in [-0.1, -0.05) is 34.1 Å². The molecule has 1 fully saturated rings. The van der Waals surface area contributed by atoms with E-state index < -0.39 is 5.41 Å². The van der Waals surface area contributed by atoms with Gasteiger partial charge in [-0.15, -0.1) is 0 Å². The largest absolute Gasteiger partial charge is 0.475 e. The van der Waals surface area contributed by atoms with Crippen LogP contribution in [0.4, 0.5) is 0 Å². The second-order valence-corrected chi connectivity index (χ2v) is 7.65. The van der Waals surface area contributed by atoms with Crippen molar-refractivity contribution in [3.63, 3.8) is 0 Å². The van der Waals surface area contributed by atoms with Crippen LogP contribution in [0.1, 0.15) is 24.0 Å². The van der Waals surface area contributed by atoms with Gasteiger partial charge in [0.2, 0.25) is 11.8 Å². The summed E-state index contributed by atoms with van der Waals surface area (Å²) in [6.45, 7) is 2.55. The number of aromatic nitrogens is 1. The Kier molecular flexibility index (Phi) is 7.42. The molecule has 2 aromatic rings. The Morgan fingerprint density at radius 2 is 1.93 bits per heavy atom. The van der Waals surface area contributed by atoms with Crippen molar-refractivity contribution in [2.75, 3.05) is 33.5 Å². The second-order valence-electron chi connectivity index (χ2n) is 6.73. The quantitative estimate of drug-likeness (QED) is 0.627. The number of amides is 1. The standard InChI is InChI=1S/C21H25BrN2O4/c1-26-12-13-28-19-7-2-16(14-23-19)15-24-20(25)21(8-10-27-11-9-21)17-3-5-18(22)6-4-17/h2-7,14H,8-13,15H2,1H3,(H,24,25). The maximum Gasteiger partial charge on any atom is 0.231 e. The molecule has 0 radical (unpaired) electrons. The number of nitrogens with zero attached hydrogens (tertiary/aromatic N) is 1. The fourth-order valence-corrected chi connectivity index (χ4v) is 3.58. The Hall–Kier alpha value is -1.96. The van der Waals surface area contributed by atoms with E-state index in [9.17, 15) is 4.79 Å². The summed E-state index contributed by atoms with van der Waals surface area (Å²) < 4.78 is 16.9. The van der Waals surface area contributed by atoms with Crippen molar-refractivity contribution >= 4 is 21.8 Å². The normalized spacial score (nSPS) is 15.8. The van der Waals surface area contributed by atoms with Crippen LogP contribution < -0.4 is 10.1 Å². The van der Waals surface area contributed by atoms with Gasteiger partial charge in [-0.3, -0.25) is 4.79 Å². The van der Waals surface area contributed by atoms with Crippen LogP contribution in [0.5, 0.6) is 5.88 Å². The molecule has 1 aliphatic heterocycles. The number of carbonyl (C=O) groups excluding carboxylic acids is 1. The fraction of sp³-hybridized carbons (Fsp3) is 0.429. The highest BCUT2D eigenvalue weighted by Gasteiger charge is 2.41. The Balaban J connectivity index is 1.65. The number of hydrogen-bond acceptors (Lipinski definition) is 5. The summed E-state index contributed by atoms with van der Waals surface area (Å²) in [6.07, 6.45) is 3.06. The average molecular weight is 449 g/mol. The van der Waals surface area contributed by atoms with Crippen LogP contribution in [0.25, 0.3) is 0 Å². The van der Waals surface area contributed by atoms with Crippen LogP contribution in [0.2, 0.25) is 0 Å². The number of rotatable bonds is 8. The van der Waals surface area contributed by atoms with Gasteiger partial charge in [0.05, 0.1) is 12.0 Å². The molecule has 1 aromatic heterocycles. The molecule has 1 saturated heterocycles. The van der Waals surface area contributed by atoms with Gasteiger partial charge in [0.1, 0.15) is 6.61 Å². The Bertz CT molecular complexity index is 759. The van der Waals surface area contributed by atoms with Crippen molar-refractivity contribution in [3.8, 4) is 5.88 Å². The van der Waals surface area contributed by atoms with Crippen LogP contribution >= 0.6 is 15.9 Å². The molecule has 0 unspecified atom stereocenters. The minimum atomic E-state index is -0.560. The zero-order valence-electron chi connectivity index (χ0n) is 15.9. The topological polar surface area (TPSA) is 69.7 Å². The highest BCUT2D eigenvalue weighted by atomic mass is 79.9. The third-order valence-electron chi connectivity index (χ3n) is 4.97. The second kappa shape index (κ2) is 10.0. The molecule has 1 amide bonds. The van der Waals surface area contributed by atoms with Crippen LogP contribution in [-0.4, -0.2) is 44.4 Å². The van der Waals surface area contributed by atoms with Crippen LogP contribution in [0, 0.1) is 0 Å². The van der Waals surface area contributed by atoms with Crippen molar-refractivity contribution in [1.29, 1.82) is 0 Å². The molecule has 6 nitrogen and oxygen atoms in total. The molecule has 2 heterocycles. The molecule has 0 spiro atoms. The van der Waals surface area contributed by atoms with E-state index in [0.29, 0.717) is 51.7 Å². The zero-order chi connectivity index (χ0) is 19.8. The molecule has 1 N–H and O–H groups in total. The molecule has 28 heavy (non-hydrogen) atoms. The maximum absolute atomic E-state index is 13.2. The van der Waals surface area contributed by atoms with E-state index in [1.807, 2.05) is 30.3 Å². The lowest BCUT2D eigenvalue weighted by Gasteiger charge is -2.36. The van der Waals surface area contributed by atoms with Crippen LogP contribution in [0.15, 0.2) is 47.1 Å². The highest BCUT2D eigenvalue weighted by molar-refractivity contribution is 9.10. The van der Waals surface area contributed by atoms with Gasteiger partial charge in [0.15, 0.2) is 0 Å². The Morgan fingerprint density at radius 3 is 2.57 bits per heavy atom. The van der Waals surface area contributed by atoms with E-state index in [-0.39, 0.29) is 5.91 Å². The molecular weight excluding hydrogens is 424 g/mol. The minimum absolute atomic E-state index is 0.0264. The smallest absolute Gasteiger partial charge is 0.231 e. The average Bonchev–Trinajstić information content (AvgIpc) is 2.74. The highest BCUT2D eigenvalue weighted by Crippen LogP contribution is 2.35. The van der Waals surface area contributed by atoms with Gasteiger partial charge in [0, 0.05) is 43.6 Å². The number of pyridine rings is 1. The third-order valence-corrected chi connectivity index (χ3v) is 5.49. The molecule has 1 aromatic carbocycles. The molecule has 150 valence electrons. The van der Waals surface area contributed by atoms with E-state index in [2.05, 4.69) is 26.2 Å². The Morgan fingerprint density at radius 1 is 1.18 bits per heavy atom. The first kappa shape index (κ1) is 20.8. The molecule has 3 rings (SSSR count). The van der Waals surface area contributed by atoms with Gasteiger partial charge in [-0.2, -0.15) is 0 Å². The third kappa shape index (κ3) is 5.10. The number of ether oxygens (including phenoxy) is 3. The lowest BCUT2D eigenvalue weighted by Crippen LogP contribution is -2.47. The summed E-state index contributed by atoms with van der Waals surface area (Å²) in [7, 11) is 1.63. The number of nitrogens with one attached hydrogen (secondary N) is 1. The molecule has 0 bridgehead atoms. The van der Waals surface area contributed by atoms with Crippen LogP contribution in [-0.2, 0) is 26.2 Å². The first-order chi connectivity index (χ1) is 13.6. The predicted molar refractivity (Wildman–Crippen MR) is 109 cm³/mol. The van der Waals surface area contributed by atoms with Gasteiger partial charge in [0.25, 0.3) is 0 Å². The first-order valence-corrected chi connectivity index (χ1v) is 10.1. The van der Waals surface area contributed by atoms with Gasteiger partial charge in [-0.25, -0.2) is 4.98 Å². The Labute approximate surface area is 173 Å². The number of hydrogen-bond donors (Lipinski definition) is 1. The van der Waals surface area contributed by atoms with Crippen molar-refractivity contribution in [3.05, 3.63) is 58.2 Å². The predicted octanol–water partition coefficient (Wildman–Crippen LogP) is 3.23. The molecule has 0 saturated carbocycles. The van der Waals surface area contributed by atoms with Gasteiger partial charge < -0.3 is 19.5 Å². The summed E-state index contributed by atoms with van der Waals surface area (Å²) >= 11 is 3.46. The zero-order valence-corrected chi connectivity index (χ0v) is 17.5. The summed E-state index contributed by atoms with van der Waals surface area (Å²) in [5.41, 5.74) is 1.39. The molecule has 0 aliphatic carbocycles. The maximum atomic E-state index is 13.2.